The third kappa shape index (κ3) is 2.84. The molecule has 0 radical (unpaired) electrons. The highest BCUT2D eigenvalue weighted by molar-refractivity contribution is 5.92. The van der Waals surface area contributed by atoms with E-state index in [1.807, 2.05) is 0 Å². The predicted molar refractivity (Wildman–Crippen MR) is 78.0 cm³/mol. The summed E-state index contributed by atoms with van der Waals surface area (Å²) < 4.78 is 0. The maximum Gasteiger partial charge on any atom is 0.193 e. The standard InChI is InChI=1S/C15H23N3/c1-10-7-11(2)9-12(8-10)17-14(16)18-13-5-6-15(13,3)4/h7-9,13H,5-6H2,1-4H3,(H3,16,17,18). The Labute approximate surface area is 109 Å². The molecule has 1 saturated carbocycles. The van der Waals surface area contributed by atoms with Gasteiger partial charge in [-0.1, -0.05) is 19.9 Å². The van der Waals surface area contributed by atoms with Crippen LogP contribution in [0.2, 0.25) is 0 Å². The number of hydrogen-bond acceptors (Lipinski definition) is 1. The van der Waals surface area contributed by atoms with Crippen LogP contribution in [-0.2, 0) is 0 Å². The van der Waals surface area contributed by atoms with Crippen molar-refractivity contribution in [2.75, 3.05) is 5.32 Å². The zero-order valence-corrected chi connectivity index (χ0v) is 11.7. The molecule has 0 amide bonds. The van der Waals surface area contributed by atoms with E-state index in [9.17, 15) is 0 Å². The van der Waals surface area contributed by atoms with Crippen LogP contribution < -0.4 is 11.1 Å². The Kier molecular flexibility index (Phi) is 3.33. The van der Waals surface area contributed by atoms with E-state index in [2.05, 4.69) is 56.2 Å². The van der Waals surface area contributed by atoms with E-state index in [-0.39, 0.29) is 0 Å². The van der Waals surface area contributed by atoms with Gasteiger partial charge in [0.1, 0.15) is 0 Å². The molecular weight excluding hydrogens is 222 g/mol. The maximum absolute atomic E-state index is 5.98. The summed E-state index contributed by atoms with van der Waals surface area (Å²) >= 11 is 0. The van der Waals surface area contributed by atoms with Crippen molar-refractivity contribution in [3.63, 3.8) is 0 Å². The Bertz CT molecular complexity index is 454. The van der Waals surface area contributed by atoms with Gasteiger partial charge in [-0.2, -0.15) is 0 Å². The second kappa shape index (κ2) is 4.63. The molecule has 3 heteroatoms. The van der Waals surface area contributed by atoms with Crippen LogP contribution in [0.15, 0.2) is 23.2 Å². The van der Waals surface area contributed by atoms with Crippen molar-refractivity contribution in [3.05, 3.63) is 29.3 Å². The van der Waals surface area contributed by atoms with Gasteiger partial charge in [-0.15, -0.1) is 0 Å². The lowest BCUT2D eigenvalue weighted by Crippen LogP contribution is -2.40. The van der Waals surface area contributed by atoms with E-state index >= 15 is 0 Å². The van der Waals surface area contributed by atoms with Crippen LogP contribution in [0.4, 0.5) is 5.69 Å². The summed E-state index contributed by atoms with van der Waals surface area (Å²) in [6.45, 7) is 8.66. The monoisotopic (exact) mass is 245 g/mol. The molecule has 0 heterocycles. The largest absolute Gasteiger partial charge is 0.370 e. The second-order valence-electron chi connectivity index (χ2n) is 6.06. The molecule has 1 aromatic rings. The van der Waals surface area contributed by atoms with E-state index in [1.54, 1.807) is 0 Å². The van der Waals surface area contributed by atoms with Crippen molar-refractivity contribution in [3.8, 4) is 0 Å². The first-order valence-electron chi connectivity index (χ1n) is 6.55. The predicted octanol–water partition coefficient (Wildman–Crippen LogP) is 3.22. The molecule has 18 heavy (non-hydrogen) atoms. The average molecular weight is 245 g/mol. The Morgan fingerprint density at radius 3 is 2.33 bits per heavy atom. The molecule has 0 saturated heterocycles. The lowest BCUT2D eigenvalue weighted by atomic mass is 9.68. The molecule has 1 atom stereocenters. The first-order chi connectivity index (χ1) is 8.37. The first-order valence-corrected chi connectivity index (χ1v) is 6.55. The van der Waals surface area contributed by atoms with Crippen molar-refractivity contribution in [1.29, 1.82) is 0 Å². The van der Waals surface area contributed by atoms with E-state index < -0.39 is 0 Å². The minimum atomic E-state index is 0.300. The van der Waals surface area contributed by atoms with Gasteiger partial charge in [-0.3, -0.25) is 0 Å². The summed E-state index contributed by atoms with van der Waals surface area (Å²) in [7, 11) is 0. The minimum Gasteiger partial charge on any atom is -0.370 e. The molecule has 0 aliphatic heterocycles. The number of hydrogen-bond donors (Lipinski definition) is 2. The van der Waals surface area contributed by atoms with Gasteiger partial charge in [-0.25, -0.2) is 4.99 Å². The van der Waals surface area contributed by atoms with Gasteiger partial charge in [0, 0.05) is 5.69 Å². The number of aryl methyl sites for hydroxylation is 2. The number of nitrogens with one attached hydrogen (secondary N) is 1. The summed E-state index contributed by atoms with van der Waals surface area (Å²) in [6.07, 6.45) is 2.38. The number of aliphatic imine (C=N–C) groups is 1. The van der Waals surface area contributed by atoms with Crippen molar-refractivity contribution in [2.24, 2.45) is 16.1 Å². The van der Waals surface area contributed by atoms with Crippen molar-refractivity contribution >= 4 is 11.6 Å². The van der Waals surface area contributed by atoms with E-state index in [0.29, 0.717) is 17.4 Å². The molecule has 3 N–H and O–H groups in total. The van der Waals surface area contributed by atoms with Crippen LogP contribution in [0.3, 0.4) is 0 Å². The highest BCUT2D eigenvalue weighted by Crippen LogP contribution is 2.42. The van der Waals surface area contributed by atoms with Gasteiger partial charge < -0.3 is 11.1 Å². The molecule has 0 spiro atoms. The van der Waals surface area contributed by atoms with Gasteiger partial charge in [-0.05, 0) is 55.4 Å². The van der Waals surface area contributed by atoms with Crippen LogP contribution in [0.25, 0.3) is 0 Å². The lowest BCUT2D eigenvalue weighted by Gasteiger charge is -2.41. The minimum absolute atomic E-state index is 0.300. The van der Waals surface area contributed by atoms with Gasteiger partial charge >= 0.3 is 0 Å². The van der Waals surface area contributed by atoms with E-state index in [1.165, 1.54) is 17.5 Å². The van der Waals surface area contributed by atoms with Crippen molar-refractivity contribution in [1.82, 2.24) is 0 Å². The van der Waals surface area contributed by atoms with Gasteiger partial charge in [0.15, 0.2) is 5.96 Å². The molecule has 1 fully saturated rings. The smallest absolute Gasteiger partial charge is 0.193 e. The number of guanidine groups is 1. The van der Waals surface area contributed by atoms with Gasteiger partial charge in [0.2, 0.25) is 0 Å². The Hall–Kier alpha value is -1.51. The van der Waals surface area contributed by atoms with Crippen LogP contribution in [0.1, 0.15) is 37.8 Å². The fourth-order valence-electron chi connectivity index (χ4n) is 2.48. The number of nitrogens with two attached hydrogens (primary N) is 1. The quantitative estimate of drug-likeness (QED) is 0.621. The number of anilines is 1. The number of nitrogens with zero attached hydrogens (tertiary/aromatic N) is 1. The number of rotatable bonds is 2. The van der Waals surface area contributed by atoms with E-state index in [0.717, 1.165) is 12.1 Å². The summed E-state index contributed by atoms with van der Waals surface area (Å²) in [5, 5.41) is 3.19. The fourth-order valence-corrected chi connectivity index (χ4v) is 2.48. The third-order valence-corrected chi connectivity index (χ3v) is 3.75. The Morgan fingerprint density at radius 1 is 1.28 bits per heavy atom. The van der Waals surface area contributed by atoms with E-state index in [4.69, 9.17) is 5.73 Å². The zero-order valence-electron chi connectivity index (χ0n) is 11.7. The molecule has 2 rings (SSSR count). The summed E-state index contributed by atoms with van der Waals surface area (Å²) in [5.74, 6) is 0.526. The highest BCUT2D eigenvalue weighted by Gasteiger charge is 2.38. The number of benzene rings is 1. The molecule has 1 aliphatic rings. The fraction of sp³-hybridized carbons (Fsp3) is 0.533. The molecule has 1 aliphatic carbocycles. The summed E-state index contributed by atoms with van der Waals surface area (Å²) in [4.78, 5) is 4.57. The first kappa shape index (κ1) is 12.9. The summed E-state index contributed by atoms with van der Waals surface area (Å²) in [5.41, 5.74) is 9.76. The second-order valence-corrected chi connectivity index (χ2v) is 6.06. The van der Waals surface area contributed by atoms with Crippen LogP contribution in [0, 0.1) is 19.3 Å². The van der Waals surface area contributed by atoms with Crippen molar-refractivity contribution < 1.29 is 0 Å². The van der Waals surface area contributed by atoms with Gasteiger partial charge in [0.05, 0.1) is 6.04 Å². The van der Waals surface area contributed by atoms with Crippen LogP contribution in [0.5, 0.6) is 0 Å². The van der Waals surface area contributed by atoms with Gasteiger partial charge in [0.25, 0.3) is 0 Å². The molecule has 0 bridgehead atoms. The molecule has 0 aromatic heterocycles. The summed E-state index contributed by atoms with van der Waals surface area (Å²) in [6, 6.07) is 6.67. The maximum atomic E-state index is 5.98. The molecule has 3 nitrogen and oxygen atoms in total. The zero-order chi connectivity index (χ0) is 13.3. The lowest BCUT2D eigenvalue weighted by molar-refractivity contribution is 0.145. The Balaban J connectivity index is 2.07. The topological polar surface area (TPSA) is 50.4 Å². The van der Waals surface area contributed by atoms with Crippen LogP contribution >= 0.6 is 0 Å². The average Bonchev–Trinajstić information content (AvgIpc) is 2.23. The Morgan fingerprint density at radius 2 is 1.89 bits per heavy atom. The SMILES string of the molecule is Cc1cc(C)cc(NC(N)=NC2CCC2(C)C)c1. The van der Waals surface area contributed by atoms with Crippen molar-refractivity contribution in [2.45, 2.75) is 46.6 Å². The third-order valence-electron chi connectivity index (χ3n) is 3.75. The van der Waals surface area contributed by atoms with Crippen LogP contribution in [-0.4, -0.2) is 12.0 Å². The molecule has 98 valence electrons. The molecule has 1 unspecified atom stereocenters. The normalized spacial score (nSPS) is 22.4. The molecular formula is C15H23N3. The molecule has 1 aromatic carbocycles. The highest BCUT2D eigenvalue weighted by atomic mass is 15.1.